The summed E-state index contributed by atoms with van der Waals surface area (Å²) in [5.74, 6) is -4.04. The standard InChI is InChI=1S/C12H20O12/c13-1-3-4(15)9(18)12(2-14,23-3)24-7-5(16)6(17)11(21)22-8(7)10(19)20/h3-9,11,13-18,21H,1-2H2,(H,19,20)/t3-,4-,5-,6-,7+,8+,9+,11-,12+/m1/s1. The molecule has 2 aliphatic heterocycles. The molecule has 0 spiro atoms. The maximum atomic E-state index is 11.2. The number of carbonyl (C=O) groups is 1. The molecule has 0 saturated carbocycles. The van der Waals surface area contributed by atoms with E-state index in [2.05, 4.69) is 4.74 Å². The molecule has 0 aromatic heterocycles. The van der Waals surface area contributed by atoms with Crippen LogP contribution in [-0.4, -0.2) is 115 Å². The Balaban J connectivity index is 2.29. The van der Waals surface area contributed by atoms with E-state index in [1.54, 1.807) is 0 Å². The summed E-state index contributed by atoms with van der Waals surface area (Å²) in [6, 6.07) is 0. The van der Waals surface area contributed by atoms with Gasteiger partial charge in [0, 0.05) is 0 Å². The number of aliphatic hydroxyl groups is 7. The van der Waals surface area contributed by atoms with Crippen LogP contribution in [-0.2, 0) is 19.0 Å². The highest BCUT2D eigenvalue weighted by Gasteiger charge is 2.59. The van der Waals surface area contributed by atoms with Gasteiger partial charge >= 0.3 is 5.97 Å². The molecule has 12 heteroatoms. The van der Waals surface area contributed by atoms with Gasteiger partial charge in [-0.3, -0.25) is 0 Å². The Morgan fingerprint density at radius 3 is 2.12 bits per heavy atom. The molecule has 2 rings (SSSR count). The first-order valence-electron chi connectivity index (χ1n) is 7.04. The molecule has 9 atom stereocenters. The fourth-order valence-corrected chi connectivity index (χ4v) is 2.68. The van der Waals surface area contributed by atoms with Crippen LogP contribution in [0, 0.1) is 0 Å². The van der Waals surface area contributed by atoms with Gasteiger partial charge in [0.15, 0.2) is 12.4 Å². The third-order valence-corrected chi connectivity index (χ3v) is 4.05. The smallest absolute Gasteiger partial charge is 0.335 e. The summed E-state index contributed by atoms with van der Waals surface area (Å²) >= 11 is 0. The topological polar surface area (TPSA) is 207 Å². The Kier molecular flexibility index (Phi) is 5.76. The van der Waals surface area contributed by atoms with Gasteiger partial charge in [0.1, 0.15) is 43.2 Å². The largest absolute Gasteiger partial charge is 0.479 e. The monoisotopic (exact) mass is 356 g/mol. The van der Waals surface area contributed by atoms with Crippen LogP contribution in [0.5, 0.6) is 0 Å². The normalized spacial score (nSPS) is 49.3. The zero-order chi connectivity index (χ0) is 18.2. The molecule has 24 heavy (non-hydrogen) atoms. The zero-order valence-electron chi connectivity index (χ0n) is 12.2. The summed E-state index contributed by atoms with van der Waals surface area (Å²) in [6.07, 6.45) is -14.6. The molecule has 12 nitrogen and oxygen atoms in total. The van der Waals surface area contributed by atoms with Gasteiger partial charge < -0.3 is 55.1 Å². The van der Waals surface area contributed by atoms with E-state index in [1.807, 2.05) is 0 Å². The number of hydrogen-bond acceptors (Lipinski definition) is 11. The van der Waals surface area contributed by atoms with E-state index in [1.165, 1.54) is 0 Å². The van der Waals surface area contributed by atoms with E-state index in [-0.39, 0.29) is 0 Å². The van der Waals surface area contributed by atoms with Gasteiger partial charge in [0.05, 0.1) is 6.61 Å². The molecule has 2 saturated heterocycles. The SMILES string of the molecule is O=C(O)[C@H]1O[C@@H](O)[C@H](O)[C@@H](O)[C@@H]1O[C@]1(CO)O[C@H](CO)[C@@H](O)[C@@H]1O. The first-order chi connectivity index (χ1) is 11.2. The number of rotatable bonds is 5. The number of aliphatic carboxylic acids is 1. The lowest BCUT2D eigenvalue weighted by Gasteiger charge is -2.43. The van der Waals surface area contributed by atoms with Crippen molar-refractivity contribution in [3.63, 3.8) is 0 Å². The molecule has 2 aliphatic rings. The average molecular weight is 356 g/mol. The second kappa shape index (κ2) is 7.13. The molecular formula is C12H20O12. The molecule has 0 aromatic carbocycles. The van der Waals surface area contributed by atoms with Crippen LogP contribution in [0.2, 0.25) is 0 Å². The first kappa shape index (κ1) is 19.4. The highest BCUT2D eigenvalue weighted by atomic mass is 16.8. The number of carboxylic acid groups (broad SMARTS) is 1. The summed E-state index contributed by atoms with van der Waals surface area (Å²) in [4.78, 5) is 11.2. The Bertz CT molecular complexity index is 459. The molecule has 2 fully saturated rings. The summed E-state index contributed by atoms with van der Waals surface area (Å²) in [5.41, 5.74) is 0. The van der Waals surface area contributed by atoms with Crippen molar-refractivity contribution < 1.29 is 59.9 Å². The van der Waals surface area contributed by atoms with Gasteiger partial charge in [-0.2, -0.15) is 0 Å². The van der Waals surface area contributed by atoms with Gasteiger partial charge in [-0.1, -0.05) is 0 Å². The second-order valence-corrected chi connectivity index (χ2v) is 5.59. The van der Waals surface area contributed by atoms with Crippen molar-refractivity contribution in [2.24, 2.45) is 0 Å². The number of hydrogen-bond donors (Lipinski definition) is 8. The Morgan fingerprint density at radius 1 is 1.04 bits per heavy atom. The average Bonchev–Trinajstić information content (AvgIpc) is 2.80. The van der Waals surface area contributed by atoms with Gasteiger partial charge in [0.2, 0.25) is 5.79 Å². The minimum absolute atomic E-state index is 0.739. The minimum Gasteiger partial charge on any atom is -0.479 e. The van der Waals surface area contributed by atoms with Crippen LogP contribution in [0.3, 0.4) is 0 Å². The Morgan fingerprint density at radius 2 is 1.67 bits per heavy atom. The van der Waals surface area contributed by atoms with E-state index in [0.29, 0.717) is 0 Å². The lowest BCUT2D eigenvalue weighted by Crippen LogP contribution is -2.64. The fraction of sp³-hybridized carbons (Fsp3) is 0.917. The lowest BCUT2D eigenvalue weighted by atomic mass is 9.97. The Hall–Kier alpha value is -0.930. The number of ether oxygens (including phenoxy) is 3. The van der Waals surface area contributed by atoms with Crippen LogP contribution in [0.4, 0.5) is 0 Å². The molecule has 0 aromatic rings. The van der Waals surface area contributed by atoms with Crippen molar-refractivity contribution in [2.75, 3.05) is 13.2 Å². The summed E-state index contributed by atoms with van der Waals surface area (Å²) < 4.78 is 14.9. The van der Waals surface area contributed by atoms with E-state index < -0.39 is 74.0 Å². The summed E-state index contributed by atoms with van der Waals surface area (Å²) in [7, 11) is 0. The highest BCUT2D eigenvalue weighted by Crippen LogP contribution is 2.36. The predicted octanol–water partition coefficient (Wildman–Crippen LogP) is -5.30. The Labute approximate surface area is 135 Å². The maximum absolute atomic E-state index is 11.2. The van der Waals surface area contributed by atoms with Crippen LogP contribution in [0.15, 0.2) is 0 Å². The number of aliphatic hydroxyl groups excluding tert-OH is 7. The number of carboxylic acids is 1. The molecule has 0 aliphatic carbocycles. The van der Waals surface area contributed by atoms with E-state index in [0.717, 1.165) is 0 Å². The first-order valence-corrected chi connectivity index (χ1v) is 7.04. The summed E-state index contributed by atoms with van der Waals surface area (Å²) in [6.45, 7) is -1.81. The third kappa shape index (κ3) is 3.13. The molecule has 0 unspecified atom stereocenters. The van der Waals surface area contributed by atoms with Crippen molar-refractivity contribution in [3.8, 4) is 0 Å². The van der Waals surface area contributed by atoms with Gasteiger partial charge in [-0.25, -0.2) is 4.79 Å². The molecule has 0 amide bonds. The third-order valence-electron chi connectivity index (χ3n) is 4.05. The van der Waals surface area contributed by atoms with E-state index in [4.69, 9.17) is 19.7 Å². The van der Waals surface area contributed by atoms with Crippen LogP contribution in [0.25, 0.3) is 0 Å². The highest BCUT2D eigenvalue weighted by molar-refractivity contribution is 5.73. The van der Waals surface area contributed by atoms with Gasteiger partial charge in [0.25, 0.3) is 0 Å². The van der Waals surface area contributed by atoms with Crippen molar-refractivity contribution >= 4 is 5.97 Å². The lowest BCUT2D eigenvalue weighted by molar-refractivity contribution is -0.352. The fourth-order valence-electron chi connectivity index (χ4n) is 2.68. The minimum atomic E-state index is -2.38. The van der Waals surface area contributed by atoms with Crippen molar-refractivity contribution in [2.45, 2.75) is 54.8 Å². The van der Waals surface area contributed by atoms with E-state index >= 15 is 0 Å². The molecule has 8 N–H and O–H groups in total. The molecule has 0 bridgehead atoms. The molecule has 0 radical (unpaired) electrons. The van der Waals surface area contributed by atoms with Crippen molar-refractivity contribution in [1.82, 2.24) is 0 Å². The quantitative estimate of drug-likeness (QED) is 0.232. The van der Waals surface area contributed by atoms with E-state index in [9.17, 15) is 35.4 Å². The molecular weight excluding hydrogens is 336 g/mol. The summed E-state index contributed by atoms with van der Waals surface area (Å²) in [5, 5.41) is 76.4. The zero-order valence-corrected chi connectivity index (χ0v) is 12.2. The second-order valence-electron chi connectivity index (χ2n) is 5.59. The van der Waals surface area contributed by atoms with Gasteiger partial charge in [-0.15, -0.1) is 0 Å². The van der Waals surface area contributed by atoms with Crippen LogP contribution in [0.1, 0.15) is 0 Å². The van der Waals surface area contributed by atoms with Gasteiger partial charge in [-0.05, 0) is 0 Å². The van der Waals surface area contributed by atoms with Crippen molar-refractivity contribution in [1.29, 1.82) is 0 Å². The molecule has 2 heterocycles. The maximum Gasteiger partial charge on any atom is 0.335 e. The van der Waals surface area contributed by atoms with Crippen LogP contribution < -0.4 is 0 Å². The van der Waals surface area contributed by atoms with Crippen LogP contribution >= 0.6 is 0 Å². The molecule has 140 valence electrons. The predicted molar refractivity (Wildman–Crippen MR) is 69.2 cm³/mol. The van der Waals surface area contributed by atoms with Crippen molar-refractivity contribution in [3.05, 3.63) is 0 Å².